The first-order valence-electron chi connectivity index (χ1n) is 7.89. The Morgan fingerprint density at radius 1 is 1.30 bits per heavy atom. The summed E-state index contributed by atoms with van der Waals surface area (Å²) in [5.74, 6) is 0.706. The van der Waals surface area contributed by atoms with E-state index >= 15 is 0 Å². The lowest BCUT2D eigenvalue weighted by Gasteiger charge is -2.23. The number of aromatic nitrogens is 3. The van der Waals surface area contributed by atoms with Gasteiger partial charge in [-0.3, -0.25) is 4.79 Å². The molecule has 8 heteroatoms. The van der Waals surface area contributed by atoms with Crippen molar-refractivity contribution in [1.82, 2.24) is 15.0 Å². The van der Waals surface area contributed by atoms with E-state index in [0.29, 0.717) is 43.9 Å². The Labute approximate surface area is 136 Å². The lowest BCUT2D eigenvalue weighted by Crippen LogP contribution is -2.33. The van der Waals surface area contributed by atoms with Crippen molar-refractivity contribution in [2.45, 2.75) is 46.6 Å². The van der Waals surface area contributed by atoms with E-state index in [2.05, 4.69) is 25.6 Å². The van der Waals surface area contributed by atoms with Crippen molar-refractivity contribution in [1.29, 1.82) is 0 Å². The quantitative estimate of drug-likeness (QED) is 0.754. The molecule has 1 aromatic rings. The summed E-state index contributed by atoms with van der Waals surface area (Å²) in [4.78, 5) is 26.6. The van der Waals surface area contributed by atoms with Gasteiger partial charge in [0.1, 0.15) is 0 Å². The summed E-state index contributed by atoms with van der Waals surface area (Å²) in [5.41, 5.74) is -0.939. The highest BCUT2D eigenvalue weighted by molar-refractivity contribution is 5.76. The van der Waals surface area contributed by atoms with Gasteiger partial charge < -0.3 is 20.6 Å². The van der Waals surface area contributed by atoms with Gasteiger partial charge in [-0.25, -0.2) is 0 Å². The number of hydrogen-bond donors (Lipinski definition) is 3. The second-order valence-corrected chi connectivity index (χ2v) is 7.23. The van der Waals surface area contributed by atoms with E-state index in [1.165, 1.54) is 0 Å². The number of anilines is 3. The molecule has 1 aliphatic heterocycles. The first-order chi connectivity index (χ1) is 10.6. The standard InChI is InChI=1S/C15H26N6O2/c1-6-16-11-17-12(20-14(2,3)4)19-13(18-11)21-8-7-15(5,9-21)10(22)23/h6-9H2,1-5H3,(H,22,23)(H2,16,17,18,19,20). The second kappa shape index (κ2) is 6.17. The zero-order valence-corrected chi connectivity index (χ0v) is 14.5. The lowest BCUT2D eigenvalue weighted by molar-refractivity contribution is -0.146. The van der Waals surface area contributed by atoms with Crippen LogP contribution in [0.1, 0.15) is 41.0 Å². The van der Waals surface area contributed by atoms with E-state index in [1.807, 2.05) is 32.6 Å². The lowest BCUT2D eigenvalue weighted by atomic mass is 9.90. The summed E-state index contributed by atoms with van der Waals surface area (Å²) >= 11 is 0. The van der Waals surface area contributed by atoms with Gasteiger partial charge in [0.25, 0.3) is 0 Å². The van der Waals surface area contributed by atoms with Crippen molar-refractivity contribution < 1.29 is 9.90 Å². The Kier molecular flexibility index (Phi) is 4.63. The van der Waals surface area contributed by atoms with E-state index in [4.69, 9.17) is 0 Å². The van der Waals surface area contributed by atoms with Gasteiger partial charge in [-0.2, -0.15) is 15.0 Å². The summed E-state index contributed by atoms with van der Waals surface area (Å²) in [5, 5.41) is 15.7. The van der Waals surface area contributed by atoms with Crippen molar-refractivity contribution in [3.05, 3.63) is 0 Å². The number of carbonyl (C=O) groups is 1. The minimum absolute atomic E-state index is 0.178. The van der Waals surface area contributed by atoms with E-state index in [0.717, 1.165) is 0 Å². The molecule has 0 amide bonds. The predicted molar refractivity (Wildman–Crippen MR) is 89.9 cm³/mol. The molecule has 0 bridgehead atoms. The number of carboxylic acid groups (broad SMARTS) is 1. The fourth-order valence-corrected chi connectivity index (χ4v) is 2.44. The third-order valence-corrected chi connectivity index (χ3v) is 3.72. The zero-order valence-electron chi connectivity index (χ0n) is 14.5. The van der Waals surface area contributed by atoms with Crippen LogP contribution in [0.15, 0.2) is 0 Å². The van der Waals surface area contributed by atoms with Crippen LogP contribution < -0.4 is 15.5 Å². The molecular weight excluding hydrogens is 296 g/mol. The summed E-state index contributed by atoms with van der Waals surface area (Å²) in [7, 11) is 0. The monoisotopic (exact) mass is 322 g/mol. The van der Waals surface area contributed by atoms with Crippen molar-refractivity contribution >= 4 is 23.8 Å². The van der Waals surface area contributed by atoms with Gasteiger partial charge in [-0.05, 0) is 41.0 Å². The van der Waals surface area contributed by atoms with Gasteiger partial charge in [-0.15, -0.1) is 0 Å². The van der Waals surface area contributed by atoms with Crippen LogP contribution in [0.4, 0.5) is 17.8 Å². The Balaban J connectivity index is 2.29. The van der Waals surface area contributed by atoms with Crippen LogP contribution in [0.2, 0.25) is 0 Å². The maximum Gasteiger partial charge on any atom is 0.311 e. The number of carboxylic acids is 1. The molecule has 2 heterocycles. The average molecular weight is 322 g/mol. The van der Waals surface area contributed by atoms with Gasteiger partial charge in [0.05, 0.1) is 5.41 Å². The molecule has 1 aromatic heterocycles. The molecule has 0 aliphatic carbocycles. The zero-order chi connectivity index (χ0) is 17.3. The molecule has 3 N–H and O–H groups in total. The highest BCUT2D eigenvalue weighted by Crippen LogP contribution is 2.32. The average Bonchev–Trinajstić information content (AvgIpc) is 2.81. The van der Waals surface area contributed by atoms with Crippen molar-refractivity contribution in [2.24, 2.45) is 5.41 Å². The molecular formula is C15H26N6O2. The van der Waals surface area contributed by atoms with Gasteiger partial charge in [0.15, 0.2) is 0 Å². The molecule has 0 radical (unpaired) electrons. The van der Waals surface area contributed by atoms with E-state index < -0.39 is 11.4 Å². The van der Waals surface area contributed by atoms with Crippen LogP contribution in [0.5, 0.6) is 0 Å². The molecule has 1 saturated heterocycles. The molecule has 2 rings (SSSR count). The van der Waals surface area contributed by atoms with E-state index in [9.17, 15) is 9.90 Å². The SMILES string of the molecule is CCNc1nc(NC(C)(C)C)nc(N2CCC(C)(C(=O)O)C2)n1. The van der Waals surface area contributed by atoms with E-state index in [-0.39, 0.29) is 5.54 Å². The van der Waals surface area contributed by atoms with Gasteiger partial charge in [0.2, 0.25) is 17.8 Å². The minimum Gasteiger partial charge on any atom is -0.481 e. The fraction of sp³-hybridized carbons (Fsp3) is 0.733. The second-order valence-electron chi connectivity index (χ2n) is 7.23. The van der Waals surface area contributed by atoms with Crippen LogP contribution in [-0.2, 0) is 4.79 Å². The van der Waals surface area contributed by atoms with Crippen LogP contribution in [0.3, 0.4) is 0 Å². The smallest absolute Gasteiger partial charge is 0.311 e. The number of nitrogens with zero attached hydrogens (tertiary/aromatic N) is 4. The molecule has 8 nitrogen and oxygen atoms in total. The third-order valence-electron chi connectivity index (χ3n) is 3.72. The topological polar surface area (TPSA) is 103 Å². The summed E-state index contributed by atoms with van der Waals surface area (Å²) in [6, 6.07) is 0. The van der Waals surface area contributed by atoms with Crippen molar-refractivity contribution in [2.75, 3.05) is 35.2 Å². The van der Waals surface area contributed by atoms with Crippen LogP contribution >= 0.6 is 0 Å². The molecule has 1 unspecified atom stereocenters. The van der Waals surface area contributed by atoms with Crippen molar-refractivity contribution in [3.8, 4) is 0 Å². The van der Waals surface area contributed by atoms with Crippen LogP contribution in [-0.4, -0.2) is 51.2 Å². The van der Waals surface area contributed by atoms with Crippen LogP contribution in [0, 0.1) is 5.41 Å². The van der Waals surface area contributed by atoms with Crippen molar-refractivity contribution in [3.63, 3.8) is 0 Å². The molecule has 1 atom stereocenters. The number of nitrogens with one attached hydrogen (secondary N) is 2. The molecule has 0 spiro atoms. The van der Waals surface area contributed by atoms with Gasteiger partial charge >= 0.3 is 5.97 Å². The minimum atomic E-state index is -0.783. The first kappa shape index (κ1) is 17.2. The number of aliphatic carboxylic acids is 1. The predicted octanol–water partition coefficient (Wildman–Crippen LogP) is 1.81. The highest BCUT2D eigenvalue weighted by Gasteiger charge is 2.41. The number of rotatable bonds is 5. The molecule has 1 fully saturated rings. The molecule has 23 heavy (non-hydrogen) atoms. The third kappa shape index (κ3) is 4.20. The molecule has 0 aromatic carbocycles. The Morgan fingerprint density at radius 3 is 2.48 bits per heavy atom. The van der Waals surface area contributed by atoms with Gasteiger partial charge in [0, 0.05) is 25.2 Å². The first-order valence-corrected chi connectivity index (χ1v) is 7.89. The normalized spacial score (nSPS) is 21.3. The van der Waals surface area contributed by atoms with Gasteiger partial charge in [-0.1, -0.05) is 0 Å². The number of hydrogen-bond acceptors (Lipinski definition) is 7. The Bertz CT molecular complexity index is 586. The van der Waals surface area contributed by atoms with Crippen LogP contribution in [0.25, 0.3) is 0 Å². The highest BCUT2D eigenvalue weighted by atomic mass is 16.4. The fourth-order valence-electron chi connectivity index (χ4n) is 2.44. The largest absolute Gasteiger partial charge is 0.481 e. The molecule has 0 saturated carbocycles. The Hall–Kier alpha value is -2.12. The summed E-state index contributed by atoms with van der Waals surface area (Å²) < 4.78 is 0. The maximum absolute atomic E-state index is 11.4. The Morgan fingerprint density at radius 2 is 1.96 bits per heavy atom. The summed E-state index contributed by atoms with van der Waals surface area (Å²) in [6.45, 7) is 11.5. The molecule has 128 valence electrons. The molecule has 1 aliphatic rings. The van der Waals surface area contributed by atoms with E-state index in [1.54, 1.807) is 6.92 Å². The maximum atomic E-state index is 11.4. The summed E-state index contributed by atoms with van der Waals surface area (Å²) in [6.07, 6.45) is 0.576.